The molecule has 2 aromatic rings. The van der Waals surface area contributed by atoms with E-state index in [1.165, 1.54) is 42.4 Å². The highest BCUT2D eigenvalue weighted by atomic mass is 32.1. The molecule has 114 valence electrons. The molecule has 1 aromatic carbocycles. The first kappa shape index (κ1) is 16.3. The highest BCUT2D eigenvalue weighted by Gasteiger charge is 2.11. The lowest BCUT2D eigenvalue weighted by Crippen LogP contribution is -2.25. The summed E-state index contributed by atoms with van der Waals surface area (Å²) in [4.78, 5) is 0. The molecule has 0 aliphatic carbocycles. The third kappa shape index (κ3) is 5.64. The Morgan fingerprint density at radius 3 is 2.76 bits per heavy atom. The van der Waals surface area contributed by atoms with E-state index in [1.54, 1.807) is 11.3 Å². The number of rotatable bonds is 9. The molecule has 21 heavy (non-hydrogen) atoms. The molecule has 1 aromatic heterocycles. The van der Waals surface area contributed by atoms with E-state index in [2.05, 4.69) is 60.3 Å². The molecular formula is C19H27NS. The largest absolute Gasteiger partial charge is 0.316 e. The monoisotopic (exact) mass is 301 g/mol. The molecule has 0 saturated heterocycles. The maximum Gasteiger partial charge on any atom is -0.00172 e. The smallest absolute Gasteiger partial charge is 0.00172 e. The molecule has 0 saturated carbocycles. The zero-order valence-corrected chi connectivity index (χ0v) is 14.1. The molecule has 0 radical (unpaired) electrons. The fourth-order valence-corrected chi connectivity index (χ4v) is 3.42. The average Bonchev–Trinajstić information content (AvgIpc) is 3.00. The lowest BCUT2D eigenvalue weighted by Gasteiger charge is -2.18. The van der Waals surface area contributed by atoms with Crippen LogP contribution >= 0.6 is 11.3 Å². The Hall–Kier alpha value is -1.12. The van der Waals surface area contributed by atoms with Gasteiger partial charge in [-0.05, 0) is 85.1 Å². The van der Waals surface area contributed by atoms with Crippen molar-refractivity contribution in [2.24, 2.45) is 5.92 Å². The van der Waals surface area contributed by atoms with Crippen LogP contribution in [0.5, 0.6) is 0 Å². The van der Waals surface area contributed by atoms with Gasteiger partial charge in [0.2, 0.25) is 0 Å². The van der Waals surface area contributed by atoms with Crippen molar-refractivity contribution in [1.82, 2.24) is 5.32 Å². The predicted molar refractivity (Wildman–Crippen MR) is 94.2 cm³/mol. The summed E-state index contributed by atoms with van der Waals surface area (Å²) in [6.07, 6.45) is 4.87. The van der Waals surface area contributed by atoms with Crippen LogP contribution in [0.3, 0.4) is 0 Å². The minimum atomic E-state index is 0.720. The van der Waals surface area contributed by atoms with E-state index in [9.17, 15) is 0 Å². The topological polar surface area (TPSA) is 12.0 Å². The first-order valence-corrected chi connectivity index (χ1v) is 9.00. The Balaban J connectivity index is 1.92. The van der Waals surface area contributed by atoms with Crippen molar-refractivity contribution >= 4 is 11.3 Å². The van der Waals surface area contributed by atoms with Crippen molar-refractivity contribution in [2.75, 3.05) is 13.1 Å². The van der Waals surface area contributed by atoms with Crippen LogP contribution < -0.4 is 5.32 Å². The molecule has 2 heteroatoms. The minimum absolute atomic E-state index is 0.720. The van der Waals surface area contributed by atoms with Gasteiger partial charge in [-0.25, -0.2) is 0 Å². The van der Waals surface area contributed by atoms with E-state index in [0.29, 0.717) is 0 Å². The van der Waals surface area contributed by atoms with Gasteiger partial charge >= 0.3 is 0 Å². The standard InChI is InChI=1S/C19H27NS/c1-3-11-20-14-18(9-8-17-10-12-21-15-17)13-19-7-5-4-6-16(19)2/h4-7,10,12,15,18,20H,3,8-9,11,13-14H2,1-2H3. The first-order valence-electron chi connectivity index (χ1n) is 8.06. The number of aryl methyl sites for hydroxylation is 2. The molecule has 0 aliphatic rings. The Kier molecular flexibility index (Phi) is 6.98. The maximum atomic E-state index is 3.61. The van der Waals surface area contributed by atoms with Gasteiger partial charge in [0.05, 0.1) is 0 Å². The van der Waals surface area contributed by atoms with Gasteiger partial charge in [0, 0.05) is 0 Å². The molecule has 0 fully saturated rings. The van der Waals surface area contributed by atoms with Gasteiger partial charge < -0.3 is 5.32 Å². The second kappa shape index (κ2) is 9.01. The highest BCUT2D eigenvalue weighted by molar-refractivity contribution is 7.07. The van der Waals surface area contributed by atoms with Crippen LogP contribution in [-0.2, 0) is 12.8 Å². The van der Waals surface area contributed by atoms with E-state index in [4.69, 9.17) is 0 Å². The number of hydrogen-bond donors (Lipinski definition) is 1. The molecule has 1 nitrogen and oxygen atoms in total. The van der Waals surface area contributed by atoms with Crippen LogP contribution in [-0.4, -0.2) is 13.1 Å². The van der Waals surface area contributed by atoms with E-state index < -0.39 is 0 Å². The maximum absolute atomic E-state index is 3.61. The summed E-state index contributed by atoms with van der Waals surface area (Å²) >= 11 is 1.80. The predicted octanol–water partition coefficient (Wildman–Crippen LogP) is 4.85. The fourth-order valence-electron chi connectivity index (χ4n) is 2.72. The summed E-state index contributed by atoms with van der Waals surface area (Å²) in [5.74, 6) is 0.720. The zero-order valence-electron chi connectivity index (χ0n) is 13.3. The molecule has 1 N–H and O–H groups in total. The van der Waals surface area contributed by atoms with Crippen molar-refractivity contribution in [1.29, 1.82) is 0 Å². The Morgan fingerprint density at radius 2 is 2.05 bits per heavy atom. The number of benzene rings is 1. The van der Waals surface area contributed by atoms with Crippen LogP contribution in [0.25, 0.3) is 0 Å². The number of hydrogen-bond acceptors (Lipinski definition) is 2. The second-order valence-corrected chi connectivity index (χ2v) is 6.65. The van der Waals surface area contributed by atoms with Gasteiger partial charge in [-0.2, -0.15) is 11.3 Å². The number of nitrogens with one attached hydrogen (secondary N) is 1. The van der Waals surface area contributed by atoms with Crippen molar-refractivity contribution < 1.29 is 0 Å². The lowest BCUT2D eigenvalue weighted by atomic mass is 9.91. The van der Waals surface area contributed by atoms with Crippen LogP contribution in [0.4, 0.5) is 0 Å². The van der Waals surface area contributed by atoms with Crippen LogP contribution in [0.15, 0.2) is 41.1 Å². The Labute approximate surface area is 133 Å². The molecule has 0 spiro atoms. The summed E-state index contributed by atoms with van der Waals surface area (Å²) in [6.45, 7) is 6.72. The van der Waals surface area contributed by atoms with Gasteiger partial charge in [0.25, 0.3) is 0 Å². The summed E-state index contributed by atoms with van der Waals surface area (Å²) in [5, 5.41) is 8.07. The van der Waals surface area contributed by atoms with Crippen molar-refractivity contribution in [3.63, 3.8) is 0 Å². The molecule has 1 atom stereocenters. The van der Waals surface area contributed by atoms with Crippen LogP contribution in [0.1, 0.15) is 36.5 Å². The number of thiophene rings is 1. The lowest BCUT2D eigenvalue weighted by molar-refractivity contribution is 0.443. The highest BCUT2D eigenvalue weighted by Crippen LogP contribution is 2.18. The molecule has 1 unspecified atom stereocenters. The van der Waals surface area contributed by atoms with Gasteiger partial charge in [-0.15, -0.1) is 0 Å². The molecule has 1 heterocycles. The van der Waals surface area contributed by atoms with E-state index in [-0.39, 0.29) is 0 Å². The Morgan fingerprint density at radius 1 is 1.19 bits per heavy atom. The molecular weight excluding hydrogens is 274 g/mol. The third-order valence-electron chi connectivity index (χ3n) is 4.05. The van der Waals surface area contributed by atoms with E-state index in [0.717, 1.165) is 19.0 Å². The van der Waals surface area contributed by atoms with Crippen molar-refractivity contribution in [3.05, 3.63) is 57.8 Å². The molecule has 2 rings (SSSR count). The zero-order chi connectivity index (χ0) is 14.9. The van der Waals surface area contributed by atoms with Gasteiger partial charge in [-0.3, -0.25) is 0 Å². The summed E-state index contributed by atoms with van der Waals surface area (Å²) in [7, 11) is 0. The fraction of sp³-hybridized carbons (Fsp3) is 0.474. The average molecular weight is 301 g/mol. The van der Waals surface area contributed by atoms with E-state index in [1.807, 2.05) is 0 Å². The quantitative estimate of drug-likeness (QED) is 0.653. The molecule has 0 aliphatic heterocycles. The molecule has 0 bridgehead atoms. The van der Waals surface area contributed by atoms with Gasteiger partial charge in [0.15, 0.2) is 0 Å². The minimum Gasteiger partial charge on any atom is -0.316 e. The summed E-state index contributed by atoms with van der Waals surface area (Å²) < 4.78 is 0. The van der Waals surface area contributed by atoms with Crippen molar-refractivity contribution in [3.8, 4) is 0 Å². The van der Waals surface area contributed by atoms with Gasteiger partial charge in [0.1, 0.15) is 0 Å². The van der Waals surface area contributed by atoms with Crippen molar-refractivity contribution in [2.45, 2.75) is 39.5 Å². The SMILES string of the molecule is CCCNCC(CCc1ccsc1)Cc1ccccc1C. The second-order valence-electron chi connectivity index (χ2n) is 5.87. The summed E-state index contributed by atoms with van der Waals surface area (Å²) in [6, 6.07) is 11.1. The van der Waals surface area contributed by atoms with Crippen LogP contribution in [0.2, 0.25) is 0 Å². The van der Waals surface area contributed by atoms with Crippen LogP contribution in [0, 0.1) is 12.8 Å². The van der Waals surface area contributed by atoms with Gasteiger partial charge in [-0.1, -0.05) is 31.2 Å². The summed E-state index contributed by atoms with van der Waals surface area (Å²) in [5.41, 5.74) is 4.42. The normalized spacial score (nSPS) is 12.5. The van der Waals surface area contributed by atoms with E-state index >= 15 is 0 Å². The third-order valence-corrected chi connectivity index (χ3v) is 4.78. The molecule has 0 amide bonds. The Bertz CT molecular complexity index is 504. The first-order chi connectivity index (χ1) is 10.3.